The van der Waals surface area contributed by atoms with Crippen molar-refractivity contribution < 1.29 is 23.5 Å². The number of hydrogen-bond donors (Lipinski definition) is 1. The molecule has 0 fully saturated rings. The van der Waals surface area contributed by atoms with Crippen molar-refractivity contribution in [2.24, 2.45) is 5.73 Å². The van der Waals surface area contributed by atoms with Gasteiger partial charge in [-0.25, -0.2) is 14.0 Å². The van der Waals surface area contributed by atoms with Crippen LogP contribution in [0, 0.1) is 20.7 Å². The molecule has 1 unspecified atom stereocenters. The lowest BCUT2D eigenvalue weighted by atomic mass is 9.81. The number of nitriles is 1. The normalized spacial score (nSPS) is 16.1. The maximum atomic E-state index is 13.9. The number of esters is 2. The van der Waals surface area contributed by atoms with Crippen molar-refractivity contribution in [3.8, 4) is 6.07 Å². The number of hydrogen-bond acceptors (Lipinski definition) is 7. The Morgan fingerprint density at radius 1 is 1.13 bits per heavy atom. The molecule has 2 aromatic rings. The molecule has 0 saturated carbocycles. The molecular weight excluding hydrogens is 516 g/mol. The fourth-order valence-corrected chi connectivity index (χ4v) is 3.90. The van der Waals surface area contributed by atoms with Crippen molar-refractivity contribution in [2.45, 2.75) is 5.92 Å². The Kier molecular flexibility index (Phi) is 6.60. The van der Waals surface area contributed by atoms with Crippen molar-refractivity contribution in [2.75, 3.05) is 19.1 Å². The van der Waals surface area contributed by atoms with Crippen LogP contribution in [0.1, 0.15) is 11.5 Å². The molecule has 0 aromatic heterocycles. The van der Waals surface area contributed by atoms with Crippen molar-refractivity contribution in [3.63, 3.8) is 0 Å². The monoisotopic (exact) mass is 533 g/mol. The summed E-state index contributed by atoms with van der Waals surface area (Å²) in [5.74, 6) is -3.18. The highest BCUT2D eigenvalue weighted by atomic mass is 127. The second-order valence-electron chi connectivity index (χ2n) is 6.43. The van der Waals surface area contributed by atoms with Crippen LogP contribution < -0.4 is 10.6 Å². The van der Waals surface area contributed by atoms with E-state index >= 15 is 0 Å². The first-order valence-electron chi connectivity index (χ1n) is 8.96. The SMILES string of the molecule is COC(=O)C1=C(C(=O)OC)N(c2ccc(F)c(I)c2)C(N)=C(C#N)C1c1ccccc1. The summed E-state index contributed by atoms with van der Waals surface area (Å²) in [6.07, 6.45) is 0. The number of halogens is 2. The topological polar surface area (TPSA) is 106 Å². The summed E-state index contributed by atoms with van der Waals surface area (Å²) < 4.78 is 24.0. The Morgan fingerprint density at radius 3 is 2.32 bits per heavy atom. The molecule has 1 heterocycles. The lowest BCUT2D eigenvalue weighted by molar-refractivity contribution is -0.139. The Labute approximate surface area is 191 Å². The van der Waals surface area contributed by atoms with E-state index < -0.39 is 23.7 Å². The Hall–Kier alpha value is -3.39. The third-order valence-electron chi connectivity index (χ3n) is 4.77. The van der Waals surface area contributed by atoms with Gasteiger partial charge in [-0.1, -0.05) is 30.3 Å². The molecule has 2 N–H and O–H groups in total. The predicted octanol–water partition coefficient (Wildman–Crippen LogP) is 3.33. The molecule has 1 aliphatic heterocycles. The minimum absolute atomic E-state index is 0.0404. The number of carbonyl (C=O) groups is 2. The molecule has 1 atom stereocenters. The van der Waals surface area contributed by atoms with Gasteiger partial charge in [-0.05, 0) is 46.4 Å². The summed E-state index contributed by atoms with van der Waals surface area (Å²) in [6, 6.07) is 14.8. The van der Waals surface area contributed by atoms with E-state index in [1.54, 1.807) is 52.9 Å². The predicted molar refractivity (Wildman–Crippen MR) is 119 cm³/mol. The van der Waals surface area contributed by atoms with Gasteiger partial charge in [0.15, 0.2) is 0 Å². The smallest absolute Gasteiger partial charge is 0.355 e. The summed E-state index contributed by atoms with van der Waals surface area (Å²) in [7, 11) is 2.33. The van der Waals surface area contributed by atoms with Crippen LogP contribution in [0.5, 0.6) is 0 Å². The van der Waals surface area contributed by atoms with Crippen molar-refractivity contribution in [1.29, 1.82) is 5.26 Å². The molecule has 7 nitrogen and oxygen atoms in total. The van der Waals surface area contributed by atoms with Crippen molar-refractivity contribution in [3.05, 3.63) is 86.1 Å². The van der Waals surface area contributed by atoms with Crippen LogP contribution in [0.3, 0.4) is 0 Å². The lowest BCUT2D eigenvalue weighted by Crippen LogP contribution is -2.40. The molecule has 158 valence electrons. The van der Waals surface area contributed by atoms with Crippen LogP contribution in [0.25, 0.3) is 0 Å². The Bertz CT molecular complexity index is 1160. The zero-order valence-corrected chi connectivity index (χ0v) is 18.7. The molecule has 1 aliphatic rings. The number of ether oxygens (including phenoxy) is 2. The van der Waals surface area contributed by atoms with E-state index in [0.29, 0.717) is 5.56 Å². The number of rotatable bonds is 4. The number of allylic oxidation sites excluding steroid dienone is 1. The summed E-state index contributed by atoms with van der Waals surface area (Å²) in [4.78, 5) is 27.0. The van der Waals surface area contributed by atoms with Crippen LogP contribution in [-0.2, 0) is 19.1 Å². The molecule has 0 radical (unpaired) electrons. The van der Waals surface area contributed by atoms with E-state index in [4.69, 9.17) is 15.2 Å². The molecule has 0 saturated heterocycles. The largest absolute Gasteiger partial charge is 0.466 e. The van der Waals surface area contributed by atoms with Gasteiger partial charge in [0, 0.05) is 5.69 Å². The first-order valence-corrected chi connectivity index (χ1v) is 10.0. The van der Waals surface area contributed by atoms with Crippen LogP contribution >= 0.6 is 22.6 Å². The van der Waals surface area contributed by atoms with Crippen LogP contribution in [0.2, 0.25) is 0 Å². The molecule has 0 spiro atoms. The second-order valence-corrected chi connectivity index (χ2v) is 7.60. The van der Waals surface area contributed by atoms with Crippen molar-refractivity contribution in [1.82, 2.24) is 0 Å². The lowest BCUT2D eigenvalue weighted by Gasteiger charge is -2.36. The summed E-state index contributed by atoms with van der Waals surface area (Å²) in [5, 5.41) is 9.94. The molecule has 2 aromatic carbocycles. The maximum absolute atomic E-state index is 13.9. The summed E-state index contributed by atoms with van der Waals surface area (Å²) in [5.41, 5.74) is 6.94. The third-order valence-corrected chi connectivity index (χ3v) is 5.60. The van der Waals surface area contributed by atoms with Gasteiger partial charge in [0.05, 0.1) is 40.9 Å². The fourth-order valence-electron chi connectivity index (χ4n) is 3.41. The standard InChI is InChI=1S/C22H17FIN3O4/c1-30-21(28)18-17(12-6-4-3-5-7-12)14(11-25)20(26)27(19(18)22(29)31-2)13-8-9-15(23)16(24)10-13/h3-10,17H,26H2,1-2H3. The second kappa shape index (κ2) is 9.18. The molecular formula is C22H17FIN3O4. The molecule has 0 aliphatic carbocycles. The summed E-state index contributed by atoms with van der Waals surface area (Å²) in [6.45, 7) is 0. The van der Waals surface area contributed by atoms with E-state index in [1.807, 2.05) is 0 Å². The van der Waals surface area contributed by atoms with Gasteiger partial charge in [0.25, 0.3) is 0 Å². The van der Waals surface area contributed by atoms with Gasteiger partial charge in [0.1, 0.15) is 17.3 Å². The van der Waals surface area contributed by atoms with Gasteiger partial charge < -0.3 is 15.2 Å². The van der Waals surface area contributed by atoms with Gasteiger partial charge in [-0.3, -0.25) is 4.90 Å². The van der Waals surface area contributed by atoms with E-state index in [0.717, 1.165) is 7.11 Å². The highest BCUT2D eigenvalue weighted by Crippen LogP contribution is 2.43. The van der Waals surface area contributed by atoms with E-state index in [2.05, 4.69) is 6.07 Å². The minimum atomic E-state index is -0.955. The Morgan fingerprint density at radius 2 is 1.77 bits per heavy atom. The van der Waals surface area contributed by atoms with E-state index in [9.17, 15) is 19.2 Å². The number of methoxy groups -OCH3 is 2. The highest BCUT2D eigenvalue weighted by molar-refractivity contribution is 14.1. The first-order chi connectivity index (χ1) is 14.8. The quantitative estimate of drug-likeness (QED) is 0.475. The van der Waals surface area contributed by atoms with Gasteiger partial charge in [0.2, 0.25) is 0 Å². The van der Waals surface area contributed by atoms with E-state index in [1.165, 1.54) is 30.2 Å². The zero-order valence-electron chi connectivity index (χ0n) is 16.6. The molecule has 9 heteroatoms. The maximum Gasteiger partial charge on any atom is 0.355 e. The number of nitrogens with two attached hydrogens (primary N) is 1. The van der Waals surface area contributed by atoms with Gasteiger partial charge >= 0.3 is 11.9 Å². The summed E-state index contributed by atoms with van der Waals surface area (Å²) >= 11 is 1.79. The number of anilines is 1. The van der Waals surface area contributed by atoms with Crippen LogP contribution in [0.15, 0.2) is 71.2 Å². The number of nitrogens with zero attached hydrogens (tertiary/aromatic N) is 2. The Balaban J connectivity index is 2.41. The minimum Gasteiger partial charge on any atom is -0.466 e. The average molecular weight is 533 g/mol. The van der Waals surface area contributed by atoms with Crippen molar-refractivity contribution >= 4 is 40.2 Å². The van der Waals surface area contributed by atoms with E-state index in [-0.39, 0.29) is 31.9 Å². The zero-order chi connectivity index (χ0) is 22.7. The van der Waals surface area contributed by atoms with Gasteiger partial charge in [-0.2, -0.15) is 5.26 Å². The number of benzene rings is 2. The van der Waals surface area contributed by atoms with Gasteiger partial charge in [-0.15, -0.1) is 0 Å². The number of carbonyl (C=O) groups excluding carboxylic acids is 2. The average Bonchev–Trinajstić information content (AvgIpc) is 2.79. The molecule has 0 bridgehead atoms. The van der Waals surface area contributed by atoms with Crippen LogP contribution in [-0.4, -0.2) is 26.2 Å². The molecule has 3 rings (SSSR count). The molecule has 0 amide bonds. The highest BCUT2D eigenvalue weighted by Gasteiger charge is 2.43. The first kappa shape index (κ1) is 22.3. The fraction of sp³-hybridized carbons (Fsp3) is 0.136. The molecule has 31 heavy (non-hydrogen) atoms. The third kappa shape index (κ3) is 3.98. The van der Waals surface area contributed by atoms with Crippen LogP contribution in [0.4, 0.5) is 10.1 Å².